The van der Waals surface area contributed by atoms with Crippen molar-refractivity contribution >= 4 is 0 Å². The lowest BCUT2D eigenvalue weighted by molar-refractivity contribution is 0.516. The fraction of sp³-hybridized carbons (Fsp3) is 0.625. The molecule has 1 aromatic heterocycles. The van der Waals surface area contributed by atoms with Crippen LogP contribution in [-0.4, -0.2) is 15.0 Å². The SMILES string of the molecule is CCc1cn(C2(C#N)CC2)nn1. The molecule has 1 saturated carbocycles. The summed E-state index contributed by atoms with van der Waals surface area (Å²) >= 11 is 0. The van der Waals surface area contributed by atoms with Crippen LogP contribution in [0.1, 0.15) is 25.5 Å². The number of aromatic nitrogens is 3. The molecule has 1 heterocycles. The summed E-state index contributed by atoms with van der Waals surface area (Å²) in [4.78, 5) is 0. The van der Waals surface area contributed by atoms with Gasteiger partial charge in [0.1, 0.15) is 0 Å². The van der Waals surface area contributed by atoms with Crippen LogP contribution in [0.25, 0.3) is 0 Å². The molecule has 0 saturated heterocycles. The van der Waals surface area contributed by atoms with E-state index >= 15 is 0 Å². The van der Waals surface area contributed by atoms with Gasteiger partial charge in [-0.15, -0.1) is 5.10 Å². The van der Waals surface area contributed by atoms with Crippen molar-refractivity contribution in [2.45, 2.75) is 31.7 Å². The van der Waals surface area contributed by atoms with Crippen molar-refractivity contribution in [3.8, 4) is 6.07 Å². The van der Waals surface area contributed by atoms with Gasteiger partial charge in [-0.1, -0.05) is 12.1 Å². The molecule has 4 nitrogen and oxygen atoms in total. The smallest absolute Gasteiger partial charge is 0.150 e. The molecule has 0 bridgehead atoms. The van der Waals surface area contributed by atoms with E-state index in [2.05, 4.69) is 16.4 Å². The van der Waals surface area contributed by atoms with Gasteiger partial charge in [0.15, 0.2) is 5.54 Å². The van der Waals surface area contributed by atoms with Gasteiger partial charge in [-0.2, -0.15) is 5.26 Å². The molecule has 1 fully saturated rings. The highest BCUT2D eigenvalue weighted by Crippen LogP contribution is 2.41. The molecule has 0 amide bonds. The van der Waals surface area contributed by atoms with E-state index in [1.807, 2.05) is 13.1 Å². The topological polar surface area (TPSA) is 54.5 Å². The third kappa shape index (κ3) is 0.900. The molecule has 0 radical (unpaired) electrons. The van der Waals surface area contributed by atoms with Gasteiger partial charge in [0, 0.05) is 0 Å². The molecule has 4 heteroatoms. The zero-order valence-electron chi connectivity index (χ0n) is 6.99. The maximum atomic E-state index is 8.85. The normalized spacial score (nSPS) is 18.7. The van der Waals surface area contributed by atoms with E-state index < -0.39 is 0 Å². The molecule has 1 aliphatic carbocycles. The largest absolute Gasteiger partial charge is 0.232 e. The average molecular weight is 162 g/mol. The molecule has 0 N–H and O–H groups in total. The summed E-state index contributed by atoms with van der Waals surface area (Å²) in [6.45, 7) is 2.03. The van der Waals surface area contributed by atoms with Crippen LogP contribution in [0.2, 0.25) is 0 Å². The summed E-state index contributed by atoms with van der Waals surface area (Å²) in [7, 11) is 0. The number of aryl methyl sites for hydroxylation is 1. The lowest BCUT2D eigenvalue weighted by Gasteiger charge is -2.02. The van der Waals surface area contributed by atoms with E-state index in [1.54, 1.807) is 4.68 Å². The minimum atomic E-state index is -0.347. The number of hydrogen-bond acceptors (Lipinski definition) is 3. The van der Waals surface area contributed by atoms with Crippen LogP contribution in [0.15, 0.2) is 6.20 Å². The summed E-state index contributed by atoms with van der Waals surface area (Å²) < 4.78 is 1.70. The Bertz CT molecular complexity index is 329. The summed E-state index contributed by atoms with van der Waals surface area (Å²) in [6, 6.07) is 2.27. The maximum Gasteiger partial charge on any atom is 0.150 e. The van der Waals surface area contributed by atoms with Crippen LogP contribution in [0.5, 0.6) is 0 Å². The Morgan fingerprint density at radius 3 is 2.92 bits per heavy atom. The minimum absolute atomic E-state index is 0.347. The molecule has 1 aromatic rings. The third-order valence-corrected chi connectivity index (χ3v) is 2.27. The van der Waals surface area contributed by atoms with Crippen molar-refractivity contribution in [3.05, 3.63) is 11.9 Å². The van der Waals surface area contributed by atoms with E-state index in [0.29, 0.717) is 0 Å². The van der Waals surface area contributed by atoms with Crippen molar-refractivity contribution in [2.24, 2.45) is 0 Å². The van der Waals surface area contributed by atoms with Crippen LogP contribution in [0, 0.1) is 11.3 Å². The number of rotatable bonds is 2. The second-order valence-corrected chi connectivity index (χ2v) is 3.15. The summed E-state index contributed by atoms with van der Waals surface area (Å²) in [5.74, 6) is 0. The maximum absolute atomic E-state index is 8.85. The zero-order chi connectivity index (χ0) is 8.60. The molecule has 2 rings (SSSR count). The van der Waals surface area contributed by atoms with Gasteiger partial charge in [0.25, 0.3) is 0 Å². The third-order valence-electron chi connectivity index (χ3n) is 2.27. The van der Waals surface area contributed by atoms with Crippen molar-refractivity contribution in [1.82, 2.24) is 15.0 Å². The highest BCUT2D eigenvalue weighted by molar-refractivity contribution is 5.15. The van der Waals surface area contributed by atoms with Crippen molar-refractivity contribution in [3.63, 3.8) is 0 Å². The molecule has 62 valence electrons. The molecule has 0 spiro atoms. The number of nitrogens with zero attached hydrogens (tertiary/aromatic N) is 4. The minimum Gasteiger partial charge on any atom is -0.232 e. The van der Waals surface area contributed by atoms with E-state index in [9.17, 15) is 0 Å². The van der Waals surface area contributed by atoms with Gasteiger partial charge in [0.2, 0.25) is 0 Å². The molecular weight excluding hydrogens is 152 g/mol. The molecule has 0 unspecified atom stereocenters. The van der Waals surface area contributed by atoms with Gasteiger partial charge in [-0.3, -0.25) is 0 Å². The number of nitriles is 1. The standard InChI is InChI=1S/C8H10N4/c1-2-7-5-12(11-10-7)8(6-9)3-4-8/h5H,2-4H2,1H3. The first kappa shape index (κ1) is 7.29. The Balaban J connectivity index is 2.30. The molecule has 0 aliphatic heterocycles. The quantitative estimate of drug-likeness (QED) is 0.647. The van der Waals surface area contributed by atoms with E-state index in [-0.39, 0.29) is 5.54 Å². The summed E-state index contributed by atoms with van der Waals surface area (Å²) in [5, 5.41) is 16.7. The molecule has 0 atom stereocenters. The Kier molecular flexibility index (Phi) is 1.40. The van der Waals surface area contributed by atoms with E-state index in [1.165, 1.54) is 0 Å². The van der Waals surface area contributed by atoms with Gasteiger partial charge >= 0.3 is 0 Å². The summed E-state index contributed by atoms with van der Waals surface area (Å²) in [6.07, 6.45) is 4.57. The molecular formula is C8H10N4. The van der Waals surface area contributed by atoms with E-state index in [0.717, 1.165) is 25.0 Å². The predicted octanol–water partition coefficient (Wildman–Crippen LogP) is 0.853. The lowest BCUT2D eigenvalue weighted by atomic mass is 10.3. The first-order valence-electron chi connectivity index (χ1n) is 4.14. The Morgan fingerprint density at radius 1 is 1.75 bits per heavy atom. The van der Waals surface area contributed by atoms with Crippen LogP contribution in [0.3, 0.4) is 0 Å². The van der Waals surface area contributed by atoms with Crippen LogP contribution in [0.4, 0.5) is 0 Å². The fourth-order valence-corrected chi connectivity index (χ4v) is 1.18. The first-order chi connectivity index (χ1) is 5.80. The van der Waals surface area contributed by atoms with Gasteiger partial charge in [-0.05, 0) is 19.3 Å². The van der Waals surface area contributed by atoms with E-state index in [4.69, 9.17) is 5.26 Å². The molecule has 1 aliphatic rings. The Morgan fingerprint density at radius 2 is 2.50 bits per heavy atom. The van der Waals surface area contributed by atoms with Crippen molar-refractivity contribution in [1.29, 1.82) is 5.26 Å². The Labute approximate surface area is 70.8 Å². The highest BCUT2D eigenvalue weighted by Gasteiger charge is 2.46. The highest BCUT2D eigenvalue weighted by atomic mass is 15.5. The second-order valence-electron chi connectivity index (χ2n) is 3.15. The zero-order valence-corrected chi connectivity index (χ0v) is 6.99. The van der Waals surface area contributed by atoms with Crippen LogP contribution in [-0.2, 0) is 12.0 Å². The van der Waals surface area contributed by atoms with Gasteiger partial charge in [-0.25, -0.2) is 4.68 Å². The first-order valence-corrected chi connectivity index (χ1v) is 4.14. The van der Waals surface area contributed by atoms with Crippen molar-refractivity contribution in [2.75, 3.05) is 0 Å². The average Bonchev–Trinajstić information content (AvgIpc) is 2.77. The summed E-state index contributed by atoms with van der Waals surface area (Å²) in [5.41, 5.74) is 0.608. The van der Waals surface area contributed by atoms with Crippen LogP contribution < -0.4 is 0 Å². The second kappa shape index (κ2) is 2.31. The van der Waals surface area contributed by atoms with Gasteiger partial charge in [0.05, 0.1) is 18.0 Å². The monoisotopic (exact) mass is 162 g/mol. The fourth-order valence-electron chi connectivity index (χ4n) is 1.18. The predicted molar refractivity (Wildman–Crippen MR) is 42.2 cm³/mol. The lowest BCUT2D eigenvalue weighted by Crippen LogP contribution is -2.14. The number of hydrogen-bond donors (Lipinski definition) is 0. The Hall–Kier alpha value is -1.37. The van der Waals surface area contributed by atoms with Gasteiger partial charge < -0.3 is 0 Å². The van der Waals surface area contributed by atoms with Crippen LogP contribution >= 0.6 is 0 Å². The van der Waals surface area contributed by atoms with Crippen molar-refractivity contribution < 1.29 is 0 Å². The molecule has 0 aromatic carbocycles. The molecule has 12 heavy (non-hydrogen) atoms.